The number of hydrogen-bond acceptors (Lipinski definition) is 6. The highest BCUT2D eigenvalue weighted by molar-refractivity contribution is 9.10. The summed E-state index contributed by atoms with van der Waals surface area (Å²) in [6, 6.07) is 13.2. The molecule has 0 unspecified atom stereocenters. The first kappa shape index (κ1) is 17.7. The molecule has 0 saturated carbocycles. The molecule has 0 spiro atoms. The van der Waals surface area contributed by atoms with Crippen molar-refractivity contribution in [1.82, 2.24) is 14.6 Å². The first-order valence-electron chi connectivity index (χ1n) is 7.99. The predicted molar refractivity (Wildman–Crippen MR) is 109 cm³/mol. The molecule has 136 valence electrons. The van der Waals surface area contributed by atoms with E-state index in [4.69, 9.17) is 9.47 Å². The van der Waals surface area contributed by atoms with Crippen molar-refractivity contribution in [1.29, 1.82) is 0 Å². The van der Waals surface area contributed by atoms with E-state index in [9.17, 15) is 4.79 Å². The molecule has 2 heterocycles. The first-order chi connectivity index (χ1) is 13.1. The molecule has 0 N–H and O–H groups in total. The molecule has 8 heteroatoms. The van der Waals surface area contributed by atoms with Crippen LogP contribution in [-0.4, -0.2) is 28.8 Å². The van der Waals surface area contributed by atoms with Crippen LogP contribution in [0.25, 0.3) is 22.4 Å². The van der Waals surface area contributed by atoms with E-state index in [0.717, 1.165) is 15.6 Å². The predicted octanol–water partition coefficient (Wildman–Crippen LogP) is 3.15. The van der Waals surface area contributed by atoms with Gasteiger partial charge >= 0.3 is 0 Å². The molecule has 2 aromatic heterocycles. The Morgan fingerprint density at radius 3 is 2.56 bits per heavy atom. The highest BCUT2D eigenvalue weighted by Gasteiger charge is 2.13. The van der Waals surface area contributed by atoms with E-state index in [1.54, 1.807) is 20.3 Å². The number of thiazole rings is 1. The van der Waals surface area contributed by atoms with Crippen molar-refractivity contribution in [3.8, 4) is 22.9 Å². The minimum absolute atomic E-state index is 0.212. The SMILES string of the molecule is COc1cccc(/C=c2/sc3nc(-c4ccc(Br)cc4)nn3c2=O)c1OC. The Hall–Kier alpha value is -2.71. The van der Waals surface area contributed by atoms with Gasteiger partial charge < -0.3 is 9.47 Å². The largest absolute Gasteiger partial charge is 0.493 e. The van der Waals surface area contributed by atoms with Crippen LogP contribution in [-0.2, 0) is 0 Å². The topological polar surface area (TPSA) is 65.7 Å². The quantitative estimate of drug-likeness (QED) is 0.484. The van der Waals surface area contributed by atoms with Gasteiger partial charge in [0.25, 0.3) is 5.56 Å². The fourth-order valence-corrected chi connectivity index (χ4v) is 3.88. The minimum Gasteiger partial charge on any atom is -0.493 e. The van der Waals surface area contributed by atoms with Crippen LogP contribution in [0, 0.1) is 0 Å². The third kappa shape index (κ3) is 3.22. The highest BCUT2D eigenvalue weighted by Crippen LogP contribution is 2.31. The molecule has 4 aromatic rings. The number of methoxy groups -OCH3 is 2. The van der Waals surface area contributed by atoms with Crippen LogP contribution < -0.4 is 19.6 Å². The molecule has 0 radical (unpaired) electrons. The molecule has 0 aliphatic rings. The lowest BCUT2D eigenvalue weighted by atomic mass is 10.2. The Kier molecular flexibility index (Phi) is 4.67. The van der Waals surface area contributed by atoms with Crippen LogP contribution in [0.15, 0.2) is 51.7 Å². The van der Waals surface area contributed by atoms with E-state index < -0.39 is 0 Å². The van der Waals surface area contributed by atoms with E-state index in [2.05, 4.69) is 26.0 Å². The lowest BCUT2D eigenvalue weighted by Crippen LogP contribution is -2.23. The van der Waals surface area contributed by atoms with E-state index in [-0.39, 0.29) is 5.56 Å². The van der Waals surface area contributed by atoms with Gasteiger partial charge in [-0.05, 0) is 24.3 Å². The number of fused-ring (bicyclic) bond motifs is 1. The lowest BCUT2D eigenvalue weighted by molar-refractivity contribution is 0.354. The standard InChI is InChI=1S/C19H14BrN3O3S/c1-25-14-5-3-4-12(16(14)26-2)10-15-18(24)23-19(27-15)21-17(22-23)11-6-8-13(20)9-7-11/h3-10H,1-2H3/b15-10+. The summed E-state index contributed by atoms with van der Waals surface area (Å²) in [4.78, 5) is 17.8. The number of hydrogen-bond donors (Lipinski definition) is 0. The Morgan fingerprint density at radius 1 is 1.11 bits per heavy atom. The highest BCUT2D eigenvalue weighted by atomic mass is 79.9. The van der Waals surface area contributed by atoms with Crippen molar-refractivity contribution in [2.45, 2.75) is 0 Å². The average Bonchev–Trinajstić information content (AvgIpc) is 3.22. The van der Waals surface area contributed by atoms with Crippen molar-refractivity contribution >= 4 is 38.3 Å². The zero-order chi connectivity index (χ0) is 19.0. The fraction of sp³-hybridized carbons (Fsp3) is 0.105. The number of halogens is 1. The monoisotopic (exact) mass is 443 g/mol. The molecule has 6 nitrogen and oxygen atoms in total. The van der Waals surface area contributed by atoms with Gasteiger partial charge in [-0.3, -0.25) is 4.79 Å². The summed E-state index contributed by atoms with van der Waals surface area (Å²) in [6.45, 7) is 0. The number of benzene rings is 2. The Morgan fingerprint density at radius 2 is 1.89 bits per heavy atom. The molecule has 0 amide bonds. The van der Waals surface area contributed by atoms with Gasteiger partial charge in [0.15, 0.2) is 17.3 Å². The molecule has 0 fully saturated rings. The third-order valence-corrected chi connectivity index (χ3v) is 5.49. The van der Waals surface area contributed by atoms with Gasteiger partial charge in [0.1, 0.15) is 0 Å². The molecule has 27 heavy (non-hydrogen) atoms. The summed E-state index contributed by atoms with van der Waals surface area (Å²) in [5, 5.41) is 4.36. The van der Waals surface area contributed by atoms with Crippen LogP contribution in [0.4, 0.5) is 0 Å². The zero-order valence-corrected chi connectivity index (χ0v) is 16.9. The van der Waals surface area contributed by atoms with Gasteiger partial charge in [0.05, 0.1) is 18.8 Å². The number of para-hydroxylation sites is 1. The molecular weight excluding hydrogens is 430 g/mol. The molecular formula is C19H14BrN3O3S. The van der Waals surface area contributed by atoms with Gasteiger partial charge in [0.2, 0.25) is 4.96 Å². The van der Waals surface area contributed by atoms with Gasteiger partial charge in [-0.2, -0.15) is 9.50 Å². The minimum atomic E-state index is -0.212. The third-order valence-electron chi connectivity index (χ3n) is 4.00. The van der Waals surface area contributed by atoms with Crippen LogP contribution in [0.1, 0.15) is 5.56 Å². The zero-order valence-electron chi connectivity index (χ0n) is 14.5. The summed E-state index contributed by atoms with van der Waals surface area (Å²) >= 11 is 4.69. The molecule has 0 atom stereocenters. The second kappa shape index (κ2) is 7.13. The normalized spacial score (nSPS) is 11.9. The molecule has 0 saturated heterocycles. The van der Waals surface area contributed by atoms with E-state index in [1.807, 2.05) is 42.5 Å². The summed E-state index contributed by atoms with van der Waals surface area (Å²) < 4.78 is 13.6. The van der Waals surface area contributed by atoms with Crippen LogP contribution in [0.3, 0.4) is 0 Å². The van der Waals surface area contributed by atoms with Crippen molar-refractivity contribution in [2.75, 3.05) is 14.2 Å². The van der Waals surface area contributed by atoms with Crippen molar-refractivity contribution < 1.29 is 9.47 Å². The van der Waals surface area contributed by atoms with E-state index >= 15 is 0 Å². The first-order valence-corrected chi connectivity index (χ1v) is 9.60. The van der Waals surface area contributed by atoms with Crippen molar-refractivity contribution in [3.05, 3.63) is 67.4 Å². The molecule has 0 aliphatic heterocycles. The summed E-state index contributed by atoms with van der Waals surface area (Å²) in [5.74, 6) is 1.71. The molecule has 0 bridgehead atoms. The Bertz CT molecular complexity index is 1230. The van der Waals surface area contributed by atoms with Gasteiger partial charge in [0, 0.05) is 15.6 Å². The molecule has 0 aliphatic carbocycles. The van der Waals surface area contributed by atoms with Crippen LogP contribution >= 0.6 is 27.3 Å². The van der Waals surface area contributed by atoms with Gasteiger partial charge in [-0.1, -0.05) is 51.5 Å². The fourth-order valence-electron chi connectivity index (χ4n) is 2.72. The molecule has 4 rings (SSSR count). The lowest BCUT2D eigenvalue weighted by Gasteiger charge is -2.09. The van der Waals surface area contributed by atoms with E-state index in [1.165, 1.54) is 15.9 Å². The number of nitrogens with zero attached hydrogens (tertiary/aromatic N) is 3. The molecule has 2 aromatic carbocycles. The second-order valence-electron chi connectivity index (χ2n) is 5.64. The smallest absolute Gasteiger partial charge is 0.291 e. The summed E-state index contributed by atoms with van der Waals surface area (Å²) in [6.07, 6.45) is 1.77. The van der Waals surface area contributed by atoms with Crippen molar-refractivity contribution in [2.24, 2.45) is 0 Å². The van der Waals surface area contributed by atoms with Gasteiger partial charge in [-0.25, -0.2) is 0 Å². The Labute approximate surface area is 166 Å². The van der Waals surface area contributed by atoms with E-state index in [0.29, 0.717) is 26.8 Å². The Balaban J connectivity index is 1.82. The maximum Gasteiger partial charge on any atom is 0.291 e. The van der Waals surface area contributed by atoms with Crippen LogP contribution in [0.2, 0.25) is 0 Å². The second-order valence-corrected chi connectivity index (χ2v) is 7.56. The number of aromatic nitrogens is 3. The van der Waals surface area contributed by atoms with Gasteiger partial charge in [-0.15, -0.1) is 5.10 Å². The number of ether oxygens (including phenoxy) is 2. The number of rotatable bonds is 4. The van der Waals surface area contributed by atoms with Crippen molar-refractivity contribution in [3.63, 3.8) is 0 Å². The average molecular weight is 444 g/mol. The van der Waals surface area contributed by atoms with Crippen LogP contribution in [0.5, 0.6) is 11.5 Å². The maximum atomic E-state index is 12.7. The maximum absolute atomic E-state index is 12.7. The summed E-state index contributed by atoms with van der Waals surface area (Å²) in [7, 11) is 3.15. The summed E-state index contributed by atoms with van der Waals surface area (Å²) in [5.41, 5.74) is 1.40.